The fourth-order valence-electron chi connectivity index (χ4n) is 1.70. The van der Waals surface area contributed by atoms with Crippen LogP contribution in [0, 0.1) is 11.8 Å². The molecule has 1 heterocycles. The van der Waals surface area contributed by atoms with Crippen LogP contribution in [0.5, 0.6) is 0 Å². The van der Waals surface area contributed by atoms with Gasteiger partial charge in [-0.15, -0.1) is 12.4 Å². The van der Waals surface area contributed by atoms with Crippen molar-refractivity contribution in [3.05, 3.63) is 18.5 Å². The molecule has 1 rings (SSSR count). The number of carbonyl (C=O) groups is 1. The molecule has 0 fully saturated rings. The zero-order valence-electron chi connectivity index (χ0n) is 11.9. The number of nitrogens with zero attached hydrogens (tertiary/aromatic N) is 2. The molecular formula is C13H25ClN4O. The third kappa shape index (κ3) is 6.07. The van der Waals surface area contributed by atoms with Crippen molar-refractivity contribution in [1.29, 1.82) is 0 Å². The standard InChI is InChI=1S/C13H24N4O.ClH/c1-4-11(3)12(14)13(18)15-8-10(2)9-17-7-5-6-16-17;/h5-7,10-12H,4,8-9,14H2,1-3H3,(H,15,18);1H. The van der Waals surface area contributed by atoms with E-state index in [-0.39, 0.29) is 24.2 Å². The molecule has 1 amide bonds. The fourth-order valence-corrected chi connectivity index (χ4v) is 1.70. The highest BCUT2D eigenvalue weighted by Gasteiger charge is 2.19. The number of hydrogen-bond donors (Lipinski definition) is 2. The number of rotatable bonds is 7. The van der Waals surface area contributed by atoms with E-state index < -0.39 is 6.04 Å². The van der Waals surface area contributed by atoms with Gasteiger partial charge in [-0.25, -0.2) is 0 Å². The number of nitrogens with one attached hydrogen (secondary N) is 1. The van der Waals surface area contributed by atoms with E-state index in [0.717, 1.165) is 13.0 Å². The first-order valence-electron chi connectivity index (χ1n) is 6.55. The Hall–Kier alpha value is -1.07. The van der Waals surface area contributed by atoms with Crippen LogP contribution in [0.3, 0.4) is 0 Å². The van der Waals surface area contributed by atoms with Crippen molar-refractivity contribution < 1.29 is 4.79 Å². The van der Waals surface area contributed by atoms with E-state index in [1.165, 1.54) is 0 Å². The van der Waals surface area contributed by atoms with Crippen LogP contribution in [0.1, 0.15) is 27.2 Å². The van der Waals surface area contributed by atoms with Crippen LogP contribution < -0.4 is 11.1 Å². The summed E-state index contributed by atoms with van der Waals surface area (Å²) in [5.74, 6) is 0.487. The highest BCUT2D eigenvalue weighted by molar-refractivity contribution is 5.85. The Balaban J connectivity index is 0.00000324. The van der Waals surface area contributed by atoms with Gasteiger partial charge in [-0.05, 0) is 17.9 Å². The molecule has 3 N–H and O–H groups in total. The third-order valence-corrected chi connectivity index (χ3v) is 3.24. The predicted molar refractivity (Wildman–Crippen MR) is 79.1 cm³/mol. The van der Waals surface area contributed by atoms with Gasteiger partial charge in [-0.1, -0.05) is 27.2 Å². The first-order valence-corrected chi connectivity index (χ1v) is 6.55. The molecule has 1 aromatic rings. The summed E-state index contributed by atoms with van der Waals surface area (Å²) in [4.78, 5) is 11.8. The fraction of sp³-hybridized carbons (Fsp3) is 0.692. The van der Waals surface area contributed by atoms with E-state index in [2.05, 4.69) is 17.3 Å². The summed E-state index contributed by atoms with van der Waals surface area (Å²) in [7, 11) is 0. The number of carbonyl (C=O) groups excluding carboxylic acids is 1. The van der Waals surface area contributed by atoms with Crippen LogP contribution in [0.15, 0.2) is 18.5 Å². The Morgan fingerprint density at radius 2 is 2.16 bits per heavy atom. The number of amides is 1. The number of aromatic nitrogens is 2. The van der Waals surface area contributed by atoms with Crippen LogP contribution in [-0.4, -0.2) is 28.3 Å². The maximum atomic E-state index is 11.8. The number of hydrogen-bond acceptors (Lipinski definition) is 3. The minimum Gasteiger partial charge on any atom is -0.354 e. The molecule has 19 heavy (non-hydrogen) atoms. The van der Waals surface area contributed by atoms with Crippen LogP contribution in [0.2, 0.25) is 0 Å². The number of halogens is 1. The molecule has 0 saturated heterocycles. The van der Waals surface area contributed by atoms with Crippen LogP contribution in [0.4, 0.5) is 0 Å². The molecule has 0 bridgehead atoms. The van der Waals surface area contributed by atoms with E-state index in [4.69, 9.17) is 5.73 Å². The molecule has 0 spiro atoms. The second-order valence-corrected chi connectivity index (χ2v) is 4.99. The molecule has 3 atom stereocenters. The Morgan fingerprint density at radius 1 is 1.47 bits per heavy atom. The van der Waals surface area contributed by atoms with E-state index in [9.17, 15) is 4.79 Å². The molecule has 1 aromatic heterocycles. The first kappa shape index (κ1) is 17.9. The van der Waals surface area contributed by atoms with Crippen molar-refractivity contribution in [2.75, 3.05) is 6.54 Å². The Morgan fingerprint density at radius 3 is 2.68 bits per heavy atom. The lowest BCUT2D eigenvalue weighted by atomic mass is 9.99. The molecule has 0 aliphatic carbocycles. The summed E-state index contributed by atoms with van der Waals surface area (Å²) in [6, 6.07) is 1.48. The molecule has 0 aromatic carbocycles. The van der Waals surface area contributed by atoms with Crippen LogP contribution in [0.25, 0.3) is 0 Å². The molecule has 0 aliphatic rings. The van der Waals surface area contributed by atoms with Crippen molar-refractivity contribution in [2.45, 2.75) is 39.8 Å². The summed E-state index contributed by atoms with van der Waals surface area (Å²) in [5, 5.41) is 7.04. The van der Waals surface area contributed by atoms with Crippen molar-refractivity contribution in [1.82, 2.24) is 15.1 Å². The van der Waals surface area contributed by atoms with Crippen molar-refractivity contribution in [3.8, 4) is 0 Å². The Labute approximate surface area is 121 Å². The minimum atomic E-state index is -0.410. The average molecular weight is 289 g/mol. The maximum absolute atomic E-state index is 11.8. The second-order valence-electron chi connectivity index (χ2n) is 4.99. The van der Waals surface area contributed by atoms with Gasteiger partial charge in [0.05, 0.1) is 6.04 Å². The molecule has 0 aliphatic heterocycles. The van der Waals surface area contributed by atoms with E-state index in [1.807, 2.05) is 30.8 Å². The molecule has 0 radical (unpaired) electrons. The smallest absolute Gasteiger partial charge is 0.237 e. The molecule has 6 heteroatoms. The van der Waals surface area contributed by atoms with Crippen molar-refractivity contribution >= 4 is 18.3 Å². The lowest BCUT2D eigenvalue weighted by molar-refractivity contribution is -0.123. The molecule has 0 saturated carbocycles. The molecule has 110 valence electrons. The van der Waals surface area contributed by atoms with Crippen LogP contribution >= 0.6 is 12.4 Å². The lowest BCUT2D eigenvalue weighted by Crippen LogP contribution is -2.46. The topological polar surface area (TPSA) is 72.9 Å². The number of nitrogens with two attached hydrogens (primary N) is 1. The SMILES string of the molecule is CCC(C)C(N)C(=O)NCC(C)Cn1cccn1.Cl. The summed E-state index contributed by atoms with van der Waals surface area (Å²) in [5.41, 5.74) is 5.86. The van der Waals surface area contributed by atoms with Gasteiger partial charge in [0.1, 0.15) is 0 Å². The Kier molecular flexibility index (Phi) is 8.43. The lowest BCUT2D eigenvalue weighted by Gasteiger charge is -2.19. The van der Waals surface area contributed by atoms with Gasteiger partial charge < -0.3 is 11.1 Å². The van der Waals surface area contributed by atoms with Gasteiger partial charge >= 0.3 is 0 Å². The van der Waals surface area contributed by atoms with Crippen molar-refractivity contribution in [3.63, 3.8) is 0 Å². The summed E-state index contributed by atoms with van der Waals surface area (Å²) >= 11 is 0. The van der Waals surface area contributed by atoms with Crippen molar-refractivity contribution in [2.24, 2.45) is 17.6 Å². The summed E-state index contributed by atoms with van der Waals surface area (Å²) < 4.78 is 1.87. The van der Waals surface area contributed by atoms with Gasteiger partial charge in [0.2, 0.25) is 5.91 Å². The normalized spacial score (nSPS) is 15.2. The van der Waals surface area contributed by atoms with Gasteiger partial charge in [0, 0.05) is 25.5 Å². The summed E-state index contributed by atoms with van der Waals surface area (Å²) in [6.07, 6.45) is 4.59. The van der Waals surface area contributed by atoms with Crippen LogP contribution in [-0.2, 0) is 11.3 Å². The zero-order chi connectivity index (χ0) is 13.5. The summed E-state index contributed by atoms with van der Waals surface area (Å²) in [6.45, 7) is 7.54. The molecular weight excluding hydrogens is 264 g/mol. The molecule has 5 nitrogen and oxygen atoms in total. The molecule has 3 unspecified atom stereocenters. The zero-order valence-corrected chi connectivity index (χ0v) is 12.7. The monoisotopic (exact) mass is 288 g/mol. The highest BCUT2D eigenvalue weighted by Crippen LogP contribution is 2.05. The highest BCUT2D eigenvalue weighted by atomic mass is 35.5. The average Bonchev–Trinajstić information content (AvgIpc) is 2.86. The second kappa shape index (κ2) is 8.93. The van der Waals surface area contributed by atoms with Gasteiger partial charge in [-0.2, -0.15) is 5.10 Å². The minimum absolute atomic E-state index is 0. The van der Waals surface area contributed by atoms with E-state index >= 15 is 0 Å². The van der Waals surface area contributed by atoms with Gasteiger partial charge in [0.25, 0.3) is 0 Å². The van der Waals surface area contributed by atoms with Gasteiger partial charge in [0.15, 0.2) is 0 Å². The van der Waals surface area contributed by atoms with E-state index in [0.29, 0.717) is 12.5 Å². The quantitative estimate of drug-likeness (QED) is 0.797. The van der Waals surface area contributed by atoms with E-state index in [1.54, 1.807) is 6.20 Å². The van der Waals surface area contributed by atoms with Gasteiger partial charge in [-0.3, -0.25) is 9.48 Å². The Bertz CT molecular complexity index is 356. The maximum Gasteiger partial charge on any atom is 0.237 e. The predicted octanol–water partition coefficient (Wildman–Crippen LogP) is 1.43. The first-order chi connectivity index (χ1) is 8.54. The largest absolute Gasteiger partial charge is 0.354 e. The third-order valence-electron chi connectivity index (χ3n) is 3.24.